The number of halogens is 2. The first kappa shape index (κ1) is 16.5. The summed E-state index contributed by atoms with van der Waals surface area (Å²) in [5.41, 5.74) is 1.84. The van der Waals surface area contributed by atoms with Gasteiger partial charge in [-0.1, -0.05) is 22.0 Å². The molecule has 0 bridgehead atoms. The molecule has 0 aromatic heterocycles. The van der Waals surface area contributed by atoms with Crippen molar-refractivity contribution in [2.45, 2.75) is 25.8 Å². The molecule has 1 heterocycles. The molecule has 0 saturated carbocycles. The lowest BCUT2D eigenvalue weighted by atomic mass is 10.1. The predicted molar refractivity (Wildman–Crippen MR) is 84.1 cm³/mol. The first-order chi connectivity index (χ1) is 8.65. The average Bonchev–Trinajstić information content (AvgIpc) is 2.80. The third-order valence-electron chi connectivity index (χ3n) is 3.58. The van der Waals surface area contributed by atoms with Crippen molar-refractivity contribution in [3.8, 4) is 0 Å². The number of rotatable bonds is 3. The van der Waals surface area contributed by atoms with Gasteiger partial charge in [0.2, 0.25) is 0 Å². The Balaban J connectivity index is 0.00000180. The molecule has 1 amide bonds. The molecule has 5 heteroatoms. The van der Waals surface area contributed by atoms with Crippen LogP contribution in [0.25, 0.3) is 0 Å². The van der Waals surface area contributed by atoms with Crippen LogP contribution in [0, 0.1) is 6.92 Å². The largest absolute Gasteiger partial charge is 0.334 e. The number of carbonyl (C=O) groups is 1. The number of hydrogen-bond donors (Lipinski definition) is 1. The fourth-order valence-electron chi connectivity index (χ4n) is 2.54. The Labute approximate surface area is 129 Å². The summed E-state index contributed by atoms with van der Waals surface area (Å²) >= 11 is 3.49. The molecule has 1 unspecified atom stereocenters. The van der Waals surface area contributed by atoms with Crippen molar-refractivity contribution in [2.75, 3.05) is 20.1 Å². The van der Waals surface area contributed by atoms with Crippen LogP contribution < -0.4 is 5.32 Å². The molecule has 1 N–H and O–H groups in total. The second-order valence-corrected chi connectivity index (χ2v) is 5.62. The van der Waals surface area contributed by atoms with E-state index in [2.05, 4.69) is 21.2 Å². The highest BCUT2D eigenvalue weighted by molar-refractivity contribution is 9.10. The smallest absolute Gasteiger partial charge is 0.254 e. The number of likely N-dealkylation sites (tertiary alicyclic amines) is 1. The third kappa shape index (κ3) is 3.50. The van der Waals surface area contributed by atoms with Gasteiger partial charge in [0.15, 0.2) is 0 Å². The first-order valence-corrected chi connectivity index (χ1v) is 7.15. The molecule has 1 aromatic rings. The predicted octanol–water partition coefficient (Wildman–Crippen LogP) is 3.00. The molecule has 0 radical (unpaired) electrons. The quantitative estimate of drug-likeness (QED) is 0.911. The summed E-state index contributed by atoms with van der Waals surface area (Å²) in [6.45, 7) is 3.73. The van der Waals surface area contributed by atoms with Crippen LogP contribution in [0.15, 0.2) is 22.7 Å². The summed E-state index contributed by atoms with van der Waals surface area (Å²) < 4.78 is 0.998. The Kier molecular flexibility index (Phi) is 6.30. The van der Waals surface area contributed by atoms with E-state index in [0.717, 1.165) is 41.5 Å². The maximum Gasteiger partial charge on any atom is 0.254 e. The lowest BCUT2D eigenvalue weighted by Gasteiger charge is -2.25. The maximum atomic E-state index is 12.6. The Morgan fingerprint density at radius 2 is 2.26 bits per heavy atom. The molecule has 1 fully saturated rings. The van der Waals surface area contributed by atoms with E-state index in [1.54, 1.807) is 0 Å². The zero-order valence-corrected chi connectivity index (χ0v) is 13.7. The molecule has 1 saturated heterocycles. The van der Waals surface area contributed by atoms with Crippen LogP contribution in [-0.2, 0) is 0 Å². The van der Waals surface area contributed by atoms with Crippen LogP contribution in [0.2, 0.25) is 0 Å². The van der Waals surface area contributed by atoms with Gasteiger partial charge in [-0.3, -0.25) is 4.79 Å². The van der Waals surface area contributed by atoms with Gasteiger partial charge in [-0.15, -0.1) is 12.4 Å². The van der Waals surface area contributed by atoms with Crippen molar-refractivity contribution >= 4 is 34.2 Å². The van der Waals surface area contributed by atoms with Gasteiger partial charge in [-0.05, 0) is 44.5 Å². The lowest BCUT2D eigenvalue weighted by Crippen LogP contribution is -2.41. The highest BCUT2D eigenvalue weighted by Gasteiger charge is 2.29. The monoisotopic (exact) mass is 346 g/mol. The number of likely N-dealkylation sites (N-methyl/N-ethyl adjacent to an activating group) is 1. The maximum absolute atomic E-state index is 12.6. The fourth-order valence-corrected chi connectivity index (χ4v) is 2.91. The number of hydrogen-bond acceptors (Lipinski definition) is 2. The molecule has 1 atom stereocenters. The Bertz CT molecular complexity index is 453. The van der Waals surface area contributed by atoms with E-state index < -0.39 is 0 Å². The molecule has 1 aliphatic rings. The van der Waals surface area contributed by atoms with Crippen LogP contribution >= 0.6 is 28.3 Å². The van der Waals surface area contributed by atoms with E-state index in [1.165, 1.54) is 0 Å². The Morgan fingerprint density at radius 3 is 2.95 bits per heavy atom. The van der Waals surface area contributed by atoms with E-state index in [9.17, 15) is 4.79 Å². The Hall–Kier alpha value is -0.580. The van der Waals surface area contributed by atoms with E-state index in [4.69, 9.17) is 0 Å². The van der Waals surface area contributed by atoms with Crippen molar-refractivity contribution in [3.63, 3.8) is 0 Å². The summed E-state index contributed by atoms with van der Waals surface area (Å²) in [5, 5.41) is 3.17. The second-order valence-electron chi connectivity index (χ2n) is 4.76. The molecule has 1 aromatic carbocycles. The molecular weight excluding hydrogens is 328 g/mol. The van der Waals surface area contributed by atoms with Crippen molar-refractivity contribution in [3.05, 3.63) is 33.8 Å². The zero-order chi connectivity index (χ0) is 13.1. The summed E-state index contributed by atoms with van der Waals surface area (Å²) in [7, 11) is 1.94. The van der Waals surface area contributed by atoms with Gasteiger partial charge in [-0.25, -0.2) is 0 Å². The summed E-state index contributed by atoms with van der Waals surface area (Å²) in [6.07, 6.45) is 2.20. The third-order valence-corrected chi connectivity index (χ3v) is 4.43. The summed E-state index contributed by atoms with van der Waals surface area (Å²) in [6, 6.07) is 6.15. The SMILES string of the molecule is CNCC1CCCN1C(=O)c1cccc(Br)c1C.Cl. The normalized spacial score (nSPS) is 18.3. The van der Waals surface area contributed by atoms with Crippen LogP contribution in [0.3, 0.4) is 0 Å². The lowest BCUT2D eigenvalue weighted by molar-refractivity contribution is 0.0736. The standard InChI is InChI=1S/C14H19BrN2O.ClH/c1-10-12(6-3-7-13(10)15)14(18)17-8-4-5-11(17)9-16-2;/h3,6-7,11,16H,4-5,8-9H2,1-2H3;1H. The minimum Gasteiger partial charge on any atom is -0.334 e. The molecule has 0 spiro atoms. The van der Waals surface area contributed by atoms with E-state index in [0.29, 0.717) is 6.04 Å². The first-order valence-electron chi connectivity index (χ1n) is 6.36. The van der Waals surface area contributed by atoms with Crippen LogP contribution in [0.5, 0.6) is 0 Å². The second kappa shape index (κ2) is 7.27. The molecular formula is C14H20BrClN2O. The molecule has 106 valence electrons. The van der Waals surface area contributed by atoms with Crippen molar-refractivity contribution < 1.29 is 4.79 Å². The molecule has 3 nitrogen and oxygen atoms in total. The minimum absolute atomic E-state index is 0. The van der Waals surface area contributed by atoms with E-state index in [-0.39, 0.29) is 18.3 Å². The van der Waals surface area contributed by atoms with Crippen LogP contribution in [0.1, 0.15) is 28.8 Å². The topological polar surface area (TPSA) is 32.3 Å². The van der Waals surface area contributed by atoms with Gasteiger partial charge >= 0.3 is 0 Å². The molecule has 19 heavy (non-hydrogen) atoms. The molecule has 0 aliphatic carbocycles. The van der Waals surface area contributed by atoms with E-state index in [1.807, 2.05) is 37.1 Å². The van der Waals surface area contributed by atoms with Crippen molar-refractivity contribution in [1.29, 1.82) is 0 Å². The van der Waals surface area contributed by atoms with Gasteiger partial charge in [0.05, 0.1) is 0 Å². The average molecular weight is 348 g/mol. The Morgan fingerprint density at radius 1 is 1.53 bits per heavy atom. The van der Waals surface area contributed by atoms with E-state index >= 15 is 0 Å². The summed E-state index contributed by atoms with van der Waals surface area (Å²) in [5.74, 6) is 0.159. The fraction of sp³-hybridized carbons (Fsp3) is 0.500. The van der Waals surface area contributed by atoms with Crippen molar-refractivity contribution in [2.24, 2.45) is 0 Å². The number of nitrogens with one attached hydrogen (secondary N) is 1. The number of nitrogens with zero attached hydrogens (tertiary/aromatic N) is 1. The van der Waals surface area contributed by atoms with Crippen molar-refractivity contribution in [1.82, 2.24) is 10.2 Å². The number of benzene rings is 1. The van der Waals surface area contributed by atoms with Crippen LogP contribution in [0.4, 0.5) is 0 Å². The van der Waals surface area contributed by atoms with Crippen LogP contribution in [-0.4, -0.2) is 37.0 Å². The highest BCUT2D eigenvalue weighted by atomic mass is 79.9. The van der Waals surface area contributed by atoms with Gasteiger partial charge in [-0.2, -0.15) is 0 Å². The van der Waals surface area contributed by atoms with Gasteiger partial charge in [0.25, 0.3) is 5.91 Å². The van der Waals surface area contributed by atoms with Gasteiger partial charge in [0.1, 0.15) is 0 Å². The zero-order valence-electron chi connectivity index (χ0n) is 11.3. The highest BCUT2D eigenvalue weighted by Crippen LogP contribution is 2.24. The minimum atomic E-state index is 0. The van der Waals surface area contributed by atoms with Gasteiger partial charge in [0, 0.05) is 29.2 Å². The molecule has 2 rings (SSSR count). The number of amides is 1. The number of carbonyl (C=O) groups excluding carboxylic acids is 1. The summed E-state index contributed by atoms with van der Waals surface area (Å²) in [4.78, 5) is 14.6. The van der Waals surface area contributed by atoms with Gasteiger partial charge < -0.3 is 10.2 Å². The molecule has 1 aliphatic heterocycles.